The summed E-state index contributed by atoms with van der Waals surface area (Å²) in [6, 6.07) is 6.99. The van der Waals surface area contributed by atoms with Crippen LogP contribution in [0.2, 0.25) is 0 Å². The van der Waals surface area contributed by atoms with Crippen molar-refractivity contribution in [1.29, 1.82) is 0 Å². The first-order valence-electron chi connectivity index (χ1n) is 5.11. The summed E-state index contributed by atoms with van der Waals surface area (Å²) in [5, 5.41) is 0. The molecule has 1 heterocycles. The molecule has 0 spiro atoms. The van der Waals surface area contributed by atoms with Crippen LogP contribution in [0, 0.1) is 5.41 Å². The van der Waals surface area contributed by atoms with E-state index in [2.05, 4.69) is 0 Å². The topological polar surface area (TPSA) is 44.8 Å². The maximum absolute atomic E-state index is 12.1. The highest BCUT2D eigenvalue weighted by Crippen LogP contribution is 2.59. The minimum Gasteiger partial charge on any atom is -0.391 e. The number of rotatable bonds is 2. The van der Waals surface area contributed by atoms with E-state index >= 15 is 0 Å². The van der Waals surface area contributed by atoms with Gasteiger partial charge in [-0.05, 0) is 17.5 Å². The number of phosphoric ester groups is 1. The quantitative estimate of drug-likeness (QED) is 0.743. The predicted octanol–water partition coefficient (Wildman–Crippen LogP) is 3.63. The van der Waals surface area contributed by atoms with Gasteiger partial charge in [-0.25, -0.2) is 4.57 Å². The van der Waals surface area contributed by atoms with Crippen LogP contribution in [0.4, 0.5) is 0 Å². The number of hydrogen-bond acceptors (Lipinski definition) is 4. The van der Waals surface area contributed by atoms with Crippen molar-refractivity contribution >= 4 is 7.82 Å². The average molecular weight is 242 g/mol. The van der Waals surface area contributed by atoms with Crippen LogP contribution in [0.5, 0.6) is 11.5 Å². The lowest BCUT2D eigenvalue weighted by atomic mass is 9.99. The van der Waals surface area contributed by atoms with E-state index in [0.29, 0.717) is 18.1 Å². The normalized spacial score (nSPS) is 17.4. The summed E-state index contributed by atoms with van der Waals surface area (Å²) in [4.78, 5) is 0. The zero-order valence-electron chi connectivity index (χ0n) is 9.60. The molecule has 0 amide bonds. The van der Waals surface area contributed by atoms with E-state index < -0.39 is 7.82 Å². The van der Waals surface area contributed by atoms with E-state index in [-0.39, 0.29) is 5.41 Å². The van der Waals surface area contributed by atoms with Crippen molar-refractivity contribution in [2.45, 2.75) is 20.8 Å². The van der Waals surface area contributed by atoms with Crippen molar-refractivity contribution in [2.75, 3.05) is 6.61 Å². The molecule has 0 aliphatic carbocycles. The Bertz CT molecular complexity index is 407. The minimum absolute atomic E-state index is 0.0844. The van der Waals surface area contributed by atoms with E-state index in [9.17, 15) is 4.57 Å². The summed E-state index contributed by atoms with van der Waals surface area (Å²) in [5.74, 6) is 0.944. The zero-order valence-corrected chi connectivity index (χ0v) is 10.5. The van der Waals surface area contributed by atoms with Gasteiger partial charge in [0.2, 0.25) is 0 Å². The van der Waals surface area contributed by atoms with Gasteiger partial charge in [0.25, 0.3) is 0 Å². The van der Waals surface area contributed by atoms with Crippen molar-refractivity contribution in [3.63, 3.8) is 0 Å². The van der Waals surface area contributed by atoms with Crippen LogP contribution in [0.3, 0.4) is 0 Å². The molecule has 4 nitrogen and oxygen atoms in total. The Hall–Kier alpha value is -0.990. The molecule has 0 N–H and O–H groups in total. The van der Waals surface area contributed by atoms with Crippen LogP contribution in [-0.2, 0) is 9.09 Å². The molecule has 1 aliphatic rings. The molecule has 1 aromatic carbocycles. The fourth-order valence-corrected chi connectivity index (χ4v) is 2.66. The third kappa shape index (κ3) is 2.57. The number of phosphoric acid groups is 1. The molecule has 0 atom stereocenters. The summed E-state index contributed by atoms with van der Waals surface area (Å²) in [5.41, 5.74) is -0.0844. The molecule has 0 unspecified atom stereocenters. The van der Waals surface area contributed by atoms with Gasteiger partial charge < -0.3 is 9.05 Å². The number of para-hydroxylation sites is 2. The molecule has 5 heteroatoms. The Kier molecular flexibility index (Phi) is 2.72. The Balaban J connectivity index is 2.07. The van der Waals surface area contributed by atoms with Crippen LogP contribution >= 0.6 is 7.82 Å². The molecule has 1 aliphatic heterocycles. The highest BCUT2D eigenvalue weighted by atomic mass is 31.2. The second-order valence-corrected chi connectivity index (χ2v) is 6.43. The first kappa shape index (κ1) is 11.5. The second kappa shape index (κ2) is 3.79. The van der Waals surface area contributed by atoms with Crippen LogP contribution in [0.1, 0.15) is 20.8 Å². The lowest BCUT2D eigenvalue weighted by Gasteiger charge is -2.19. The van der Waals surface area contributed by atoms with Crippen molar-refractivity contribution in [3.05, 3.63) is 24.3 Å². The van der Waals surface area contributed by atoms with Crippen LogP contribution in [-0.4, -0.2) is 6.61 Å². The molecule has 2 rings (SSSR count). The first-order chi connectivity index (χ1) is 7.38. The number of hydrogen-bond donors (Lipinski definition) is 0. The predicted molar refractivity (Wildman–Crippen MR) is 60.7 cm³/mol. The summed E-state index contributed by atoms with van der Waals surface area (Å²) in [6.45, 7) is 6.28. The van der Waals surface area contributed by atoms with Crippen LogP contribution < -0.4 is 9.05 Å². The van der Waals surface area contributed by atoms with Gasteiger partial charge >= 0.3 is 7.82 Å². The van der Waals surface area contributed by atoms with Crippen molar-refractivity contribution in [2.24, 2.45) is 5.41 Å². The molecule has 16 heavy (non-hydrogen) atoms. The molecule has 88 valence electrons. The van der Waals surface area contributed by atoms with E-state index in [1.54, 1.807) is 24.3 Å². The Morgan fingerprint density at radius 2 is 1.69 bits per heavy atom. The van der Waals surface area contributed by atoms with Crippen molar-refractivity contribution < 1.29 is 18.1 Å². The van der Waals surface area contributed by atoms with Gasteiger partial charge in [-0.2, -0.15) is 0 Å². The molecule has 0 bridgehead atoms. The van der Waals surface area contributed by atoms with Crippen LogP contribution in [0.25, 0.3) is 0 Å². The van der Waals surface area contributed by atoms with Crippen LogP contribution in [0.15, 0.2) is 24.3 Å². The van der Waals surface area contributed by atoms with E-state index in [0.717, 1.165) is 0 Å². The fourth-order valence-electron chi connectivity index (χ4n) is 1.19. The SMILES string of the molecule is CC(C)(C)COP1(=O)Oc2ccccc2O1. The smallest absolute Gasteiger partial charge is 0.391 e. The third-order valence-corrected chi connectivity index (χ3v) is 3.21. The van der Waals surface area contributed by atoms with Gasteiger partial charge in [0.05, 0.1) is 6.61 Å². The van der Waals surface area contributed by atoms with E-state index in [4.69, 9.17) is 13.6 Å². The molecule has 0 saturated heterocycles. The molecular weight excluding hydrogens is 227 g/mol. The Labute approximate surface area is 95.1 Å². The molecule has 0 fully saturated rings. The summed E-state index contributed by atoms with van der Waals surface area (Å²) < 4.78 is 27.7. The molecule has 0 saturated carbocycles. The van der Waals surface area contributed by atoms with Gasteiger partial charge in [-0.1, -0.05) is 32.9 Å². The summed E-state index contributed by atoms with van der Waals surface area (Å²) in [6.07, 6.45) is 0. The lowest BCUT2D eigenvalue weighted by molar-refractivity contribution is 0.157. The van der Waals surface area contributed by atoms with Gasteiger partial charge in [-0.15, -0.1) is 0 Å². The highest BCUT2D eigenvalue weighted by molar-refractivity contribution is 7.49. The average Bonchev–Trinajstić information content (AvgIpc) is 2.51. The van der Waals surface area contributed by atoms with Crippen molar-refractivity contribution in [1.82, 2.24) is 0 Å². The lowest BCUT2D eigenvalue weighted by Crippen LogP contribution is -2.15. The van der Waals surface area contributed by atoms with Crippen molar-refractivity contribution in [3.8, 4) is 11.5 Å². The van der Waals surface area contributed by atoms with Gasteiger partial charge in [0.15, 0.2) is 11.5 Å². The standard InChI is InChI=1S/C11H15O4P/c1-11(2,3)8-13-16(12)14-9-6-4-5-7-10(9)15-16/h4-7H,8H2,1-3H3. The molecule has 0 aromatic heterocycles. The first-order valence-corrected chi connectivity index (χ1v) is 6.57. The zero-order chi connectivity index (χ0) is 11.8. The van der Waals surface area contributed by atoms with E-state index in [1.807, 2.05) is 20.8 Å². The maximum Gasteiger partial charge on any atom is 0.587 e. The molecular formula is C11H15O4P. The Morgan fingerprint density at radius 1 is 1.19 bits per heavy atom. The summed E-state index contributed by atoms with van der Waals surface area (Å²) >= 11 is 0. The van der Waals surface area contributed by atoms with Gasteiger partial charge in [0.1, 0.15) is 0 Å². The largest absolute Gasteiger partial charge is 0.587 e. The fraction of sp³-hybridized carbons (Fsp3) is 0.455. The second-order valence-electron chi connectivity index (χ2n) is 4.91. The minimum atomic E-state index is -3.45. The monoisotopic (exact) mass is 242 g/mol. The molecule has 0 radical (unpaired) electrons. The number of fused-ring (bicyclic) bond motifs is 1. The van der Waals surface area contributed by atoms with Gasteiger partial charge in [0, 0.05) is 0 Å². The maximum atomic E-state index is 12.1. The Morgan fingerprint density at radius 3 is 2.12 bits per heavy atom. The highest BCUT2D eigenvalue weighted by Gasteiger charge is 2.39. The summed E-state index contributed by atoms with van der Waals surface area (Å²) in [7, 11) is -3.45. The van der Waals surface area contributed by atoms with E-state index in [1.165, 1.54) is 0 Å². The number of benzene rings is 1. The van der Waals surface area contributed by atoms with Gasteiger partial charge in [-0.3, -0.25) is 4.52 Å². The third-order valence-electron chi connectivity index (χ3n) is 1.93. The molecule has 1 aromatic rings.